The van der Waals surface area contributed by atoms with Gasteiger partial charge in [-0.15, -0.1) is 0 Å². The number of hydrogen-bond donors (Lipinski definition) is 3. The van der Waals surface area contributed by atoms with E-state index in [4.69, 9.17) is 23.2 Å². The number of benzene rings is 2. The van der Waals surface area contributed by atoms with E-state index in [1.807, 2.05) is 25.1 Å². The molecule has 3 rings (SSSR count). The summed E-state index contributed by atoms with van der Waals surface area (Å²) in [7, 11) is 0. The van der Waals surface area contributed by atoms with Crippen molar-refractivity contribution >= 4 is 46.8 Å². The fourth-order valence-electron chi connectivity index (χ4n) is 3.60. The predicted molar refractivity (Wildman–Crippen MR) is 140 cm³/mol. The number of pyridine rings is 1. The van der Waals surface area contributed by atoms with Crippen LogP contribution in [0, 0.1) is 6.92 Å². The Morgan fingerprint density at radius 2 is 1.68 bits per heavy atom. The van der Waals surface area contributed by atoms with E-state index in [-0.39, 0.29) is 40.8 Å². The zero-order valence-electron chi connectivity index (χ0n) is 20.0. The molecule has 1 aromatic heterocycles. The standard InChI is InChI=1S/C27H25Cl2N3O5/c1-16-10-11-30-19(12-16)14-17-4-2-5-18(13-17)25(34)31-15-20(33)8-9-23(27(36)37)32-26(35)24-21(28)6-3-7-22(24)29/h2-7,10-13,23H,8-9,14-15H2,1H3,(H,31,34)(H,32,35)(H,36,37)/t23-/m0/s1. The first kappa shape index (κ1) is 27.8. The van der Waals surface area contributed by atoms with Crippen molar-refractivity contribution < 1.29 is 24.3 Å². The predicted octanol–water partition coefficient (Wildman–Crippen LogP) is 4.25. The summed E-state index contributed by atoms with van der Waals surface area (Å²) in [5, 5.41) is 14.5. The topological polar surface area (TPSA) is 125 Å². The van der Waals surface area contributed by atoms with Crippen LogP contribution in [0.3, 0.4) is 0 Å². The molecule has 10 heteroatoms. The van der Waals surface area contributed by atoms with E-state index in [9.17, 15) is 24.3 Å². The highest BCUT2D eigenvalue weighted by Crippen LogP contribution is 2.24. The number of ketones is 1. The molecule has 0 unspecified atom stereocenters. The van der Waals surface area contributed by atoms with Crippen molar-refractivity contribution in [2.45, 2.75) is 32.2 Å². The van der Waals surface area contributed by atoms with Crippen LogP contribution in [0.2, 0.25) is 10.0 Å². The van der Waals surface area contributed by atoms with Crippen LogP contribution in [0.5, 0.6) is 0 Å². The van der Waals surface area contributed by atoms with E-state index in [1.54, 1.807) is 30.5 Å². The van der Waals surface area contributed by atoms with E-state index in [1.165, 1.54) is 12.1 Å². The summed E-state index contributed by atoms with van der Waals surface area (Å²) in [6.45, 7) is 1.70. The van der Waals surface area contributed by atoms with Gasteiger partial charge in [-0.25, -0.2) is 4.79 Å². The van der Waals surface area contributed by atoms with Crippen molar-refractivity contribution in [3.8, 4) is 0 Å². The number of hydrogen-bond acceptors (Lipinski definition) is 5. The minimum Gasteiger partial charge on any atom is -0.480 e. The zero-order chi connectivity index (χ0) is 26.9. The van der Waals surface area contributed by atoms with E-state index >= 15 is 0 Å². The molecule has 1 heterocycles. The lowest BCUT2D eigenvalue weighted by atomic mass is 10.0. The van der Waals surface area contributed by atoms with Gasteiger partial charge in [-0.2, -0.15) is 0 Å². The van der Waals surface area contributed by atoms with Crippen LogP contribution in [0.1, 0.15) is 50.4 Å². The summed E-state index contributed by atoms with van der Waals surface area (Å²) in [6.07, 6.45) is 1.95. The van der Waals surface area contributed by atoms with Crippen LogP contribution >= 0.6 is 23.2 Å². The highest BCUT2D eigenvalue weighted by atomic mass is 35.5. The summed E-state index contributed by atoms with van der Waals surface area (Å²) < 4.78 is 0. The number of rotatable bonds is 11. The first-order valence-electron chi connectivity index (χ1n) is 11.4. The Hall–Kier alpha value is -3.75. The van der Waals surface area contributed by atoms with E-state index < -0.39 is 23.8 Å². The number of halogens is 2. The van der Waals surface area contributed by atoms with Crippen molar-refractivity contribution in [3.63, 3.8) is 0 Å². The molecule has 8 nitrogen and oxygen atoms in total. The monoisotopic (exact) mass is 541 g/mol. The van der Waals surface area contributed by atoms with Gasteiger partial charge in [0.15, 0.2) is 5.78 Å². The fourth-order valence-corrected chi connectivity index (χ4v) is 4.17. The summed E-state index contributed by atoms with van der Waals surface area (Å²) in [5.74, 6) is -2.88. The molecule has 0 aliphatic rings. The molecule has 3 aromatic rings. The second-order valence-corrected chi connectivity index (χ2v) is 9.24. The first-order chi connectivity index (χ1) is 17.6. The van der Waals surface area contributed by atoms with Crippen LogP contribution in [-0.4, -0.2) is 46.2 Å². The number of nitrogens with zero attached hydrogens (tertiary/aromatic N) is 1. The van der Waals surface area contributed by atoms with Crippen molar-refractivity contribution in [1.82, 2.24) is 15.6 Å². The van der Waals surface area contributed by atoms with Gasteiger partial charge < -0.3 is 15.7 Å². The molecule has 2 aromatic carbocycles. The molecule has 3 N–H and O–H groups in total. The summed E-state index contributed by atoms with van der Waals surface area (Å²) in [6, 6.07) is 14.0. The Kier molecular flexibility index (Phi) is 9.77. The lowest BCUT2D eigenvalue weighted by Crippen LogP contribution is -2.41. The van der Waals surface area contributed by atoms with Gasteiger partial charge in [-0.05, 0) is 60.9 Å². The Balaban J connectivity index is 1.52. The Labute approximate surface area is 224 Å². The van der Waals surface area contributed by atoms with Gasteiger partial charge >= 0.3 is 5.97 Å². The number of carbonyl (C=O) groups excluding carboxylic acids is 3. The Bertz CT molecular complexity index is 1310. The minimum absolute atomic E-state index is 0.0453. The summed E-state index contributed by atoms with van der Waals surface area (Å²) in [4.78, 5) is 53.3. The quantitative estimate of drug-likeness (QED) is 0.333. The lowest BCUT2D eigenvalue weighted by Gasteiger charge is -2.15. The molecule has 192 valence electrons. The van der Waals surface area contributed by atoms with Gasteiger partial charge in [0.2, 0.25) is 0 Å². The Morgan fingerprint density at radius 3 is 2.35 bits per heavy atom. The number of carboxylic acids is 1. The third-order valence-corrected chi connectivity index (χ3v) is 6.13. The van der Waals surface area contributed by atoms with Crippen molar-refractivity contribution in [1.29, 1.82) is 0 Å². The highest BCUT2D eigenvalue weighted by molar-refractivity contribution is 6.39. The average molecular weight is 542 g/mol. The molecule has 0 saturated heterocycles. The van der Waals surface area contributed by atoms with Gasteiger partial charge in [-0.3, -0.25) is 19.4 Å². The van der Waals surface area contributed by atoms with Crippen LogP contribution < -0.4 is 10.6 Å². The summed E-state index contributed by atoms with van der Waals surface area (Å²) in [5.41, 5.74) is 3.22. The Morgan fingerprint density at radius 1 is 0.973 bits per heavy atom. The fraction of sp³-hybridized carbons (Fsp3) is 0.222. The number of aromatic nitrogens is 1. The molecule has 37 heavy (non-hydrogen) atoms. The number of aryl methyl sites for hydroxylation is 1. The van der Waals surface area contributed by atoms with Crippen LogP contribution in [0.4, 0.5) is 0 Å². The normalized spacial score (nSPS) is 11.4. The molecule has 0 radical (unpaired) electrons. The third-order valence-electron chi connectivity index (χ3n) is 5.50. The number of Topliss-reactive ketones (excluding diaryl/α,β-unsaturated/α-hetero) is 1. The minimum atomic E-state index is -1.34. The van der Waals surface area contributed by atoms with E-state index in [0.717, 1.165) is 16.8 Å². The number of aliphatic carboxylic acids is 1. The molecular weight excluding hydrogens is 517 g/mol. The second-order valence-electron chi connectivity index (χ2n) is 8.42. The molecule has 0 aliphatic heterocycles. The van der Waals surface area contributed by atoms with Gasteiger partial charge in [0.25, 0.3) is 11.8 Å². The molecule has 0 saturated carbocycles. The number of amides is 2. The number of carbonyl (C=O) groups is 4. The maximum atomic E-state index is 12.6. The molecule has 0 fully saturated rings. The molecule has 1 atom stereocenters. The SMILES string of the molecule is Cc1ccnc(Cc2cccc(C(=O)NCC(=O)CC[C@H](NC(=O)c3c(Cl)cccc3Cl)C(=O)O)c2)c1. The van der Waals surface area contributed by atoms with Gasteiger partial charge in [0.05, 0.1) is 22.2 Å². The molecule has 0 spiro atoms. The van der Waals surface area contributed by atoms with Gasteiger partial charge in [0.1, 0.15) is 6.04 Å². The highest BCUT2D eigenvalue weighted by Gasteiger charge is 2.24. The third kappa shape index (κ3) is 8.13. The molecular formula is C27H25Cl2N3O5. The smallest absolute Gasteiger partial charge is 0.326 e. The van der Waals surface area contributed by atoms with Crippen LogP contribution in [0.15, 0.2) is 60.8 Å². The molecule has 0 aliphatic carbocycles. The van der Waals surface area contributed by atoms with Crippen LogP contribution in [-0.2, 0) is 16.0 Å². The van der Waals surface area contributed by atoms with E-state index in [2.05, 4.69) is 15.6 Å². The molecule has 2 amide bonds. The van der Waals surface area contributed by atoms with Crippen molar-refractivity contribution in [3.05, 3.63) is 98.8 Å². The summed E-state index contributed by atoms with van der Waals surface area (Å²) >= 11 is 12.0. The van der Waals surface area contributed by atoms with Crippen LogP contribution in [0.25, 0.3) is 0 Å². The maximum absolute atomic E-state index is 12.6. The second kappa shape index (κ2) is 13.0. The number of carboxylic acid groups (broad SMARTS) is 1. The lowest BCUT2D eigenvalue weighted by molar-refractivity contribution is -0.139. The average Bonchev–Trinajstić information content (AvgIpc) is 2.85. The first-order valence-corrected chi connectivity index (χ1v) is 12.2. The molecule has 0 bridgehead atoms. The largest absolute Gasteiger partial charge is 0.480 e. The van der Waals surface area contributed by atoms with Crippen molar-refractivity contribution in [2.75, 3.05) is 6.54 Å². The van der Waals surface area contributed by atoms with Crippen molar-refractivity contribution in [2.24, 2.45) is 0 Å². The van der Waals surface area contributed by atoms with Gasteiger partial charge in [-0.1, -0.05) is 41.4 Å². The zero-order valence-corrected chi connectivity index (χ0v) is 21.5. The maximum Gasteiger partial charge on any atom is 0.326 e. The number of nitrogens with one attached hydrogen (secondary N) is 2. The van der Waals surface area contributed by atoms with Gasteiger partial charge in [0, 0.05) is 30.3 Å². The van der Waals surface area contributed by atoms with E-state index in [0.29, 0.717) is 12.0 Å².